The third kappa shape index (κ3) is 3.32. The average molecular weight is 336 g/mol. The minimum atomic E-state index is 0.701. The summed E-state index contributed by atoms with van der Waals surface area (Å²) in [5, 5.41) is 2.75. The standard InChI is InChI=1S/C16H17I/c1-13(6-5-11-17)12-15-9-4-8-14-7-2-3-10-16(14)15/h2-5,7-11,13H,6,12H2,1H3/b11-5+/t13-/m0/s1. The maximum absolute atomic E-state index is 2.32. The molecule has 0 heterocycles. The van der Waals surface area contributed by atoms with E-state index in [1.165, 1.54) is 16.3 Å². The van der Waals surface area contributed by atoms with Crippen LogP contribution in [0.15, 0.2) is 52.6 Å². The van der Waals surface area contributed by atoms with Crippen LogP contribution in [0.25, 0.3) is 10.8 Å². The third-order valence-electron chi connectivity index (χ3n) is 3.08. The Bertz CT molecular complexity index is 508. The Balaban J connectivity index is 2.23. The van der Waals surface area contributed by atoms with Gasteiger partial charge in [-0.05, 0) is 39.2 Å². The van der Waals surface area contributed by atoms with Crippen LogP contribution in [0.3, 0.4) is 0 Å². The molecule has 0 N–H and O–H groups in total. The molecule has 0 saturated heterocycles. The molecule has 0 spiro atoms. The van der Waals surface area contributed by atoms with Crippen molar-refractivity contribution in [2.75, 3.05) is 0 Å². The third-order valence-corrected chi connectivity index (χ3v) is 3.58. The van der Waals surface area contributed by atoms with Gasteiger partial charge in [0.15, 0.2) is 0 Å². The minimum absolute atomic E-state index is 0.701. The molecule has 0 bridgehead atoms. The molecule has 88 valence electrons. The van der Waals surface area contributed by atoms with E-state index in [0.717, 1.165) is 12.8 Å². The molecule has 0 aliphatic carbocycles. The van der Waals surface area contributed by atoms with Crippen molar-refractivity contribution in [1.29, 1.82) is 0 Å². The number of benzene rings is 2. The van der Waals surface area contributed by atoms with Crippen LogP contribution in [0.1, 0.15) is 18.9 Å². The molecule has 0 aliphatic heterocycles. The van der Waals surface area contributed by atoms with Crippen LogP contribution in [0.5, 0.6) is 0 Å². The van der Waals surface area contributed by atoms with Gasteiger partial charge in [-0.25, -0.2) is 0 Å². The van der Waals surface area contributed by atoms with Crippen LogP contribution >= 0.6 is 22.6 Å². The van der Waals surface area contributed by atoms with Gasteiger partial charge < -0.3 is 0 Å². The van der Waals surface area contributed by atoms with Crippen molar-refractivity contribution in [1.82, 2.24) is 0 Å². The molecule has 0 radical (unpaired) electrons. The van der Waals surface area contributed by atoms with Crippen molar-refractivity contribution in [2.45, 2.75) is 19.8 Å². The van der Waals surface area contributed by atoms with Crippen molar-refractivity contribution < 1.29 is 0 Å². The lowest BCUT2D eigenvalue weighted by molar-refractivity contribution is 0.592. The van der Waals surface area contributed by atoms with Gasteiger partial charge in [-0.2, -0.15) is 0 Å². The first-order valence-electron chi connectivity index (χ1n) is 6.03. The SMILES string of the molecule is C[C@@H](C/C=C/I)Cc1cccc2ccccc12. The number of rotatable bonds is 4. The second-order valence-corrected chi connectivity index (χ2v) is 5.26. The Morgan fingerprint density at radius 2 is 1.88 bits per heavy atom. The summed E-state index contributed by atoms with van der Waals surface area (Å²) < 4.78 is 2.11. The Hall–Kier alpha value is -0.830. The summed E-state index contributed by atoms with van der Waals surface area (Å²) >= 11 is 2.29. The van der Waals surface area contributed by atoms with Gasteiger partial charge in [-0.15, -0.1) is 0 Å². The second kappa shape index (κ2) is 6.20. The normalized spacial score (nSPS) is 13.3. The minimum Gasteiger partial charge on any atom is -0.0782 e. The van der Waals surface area contributed by atoms with E-state index >= 15 is 0 Å². The fourth-order valence-electron chi connectivity index (χ4n) is 2.21. The molecule has 0 fully saturated rings. The van der Waals surface area contributed by atoms with Crippen LogP contribution in [0.2, 0.25) is 0 Å². The fraction of sp³-hybridized carbons (Fsp3) is 0.250. The van der Waals surface area contributed by atoms with Crippen LogP contribution in [0, 0.1) is 5.92 Å². The highest BCUT2D eigenvalue weighted by Crippen LogP contribution is 2.22. The van der Waals surface area contributed by atoms with Crippen molar-refractivity contribution in [3.05, 3.63) is 58.2 Å². The predicted octanol–water partition coefficient (Wildman–Crippen LogP) is 5.36. The van der Waals surface area contributed by atoms with E-state index < -0.39 is 0 Å². The number of fused-ring (bicyclic) bond motifs is 1. The highest BCUT2D eigenvalue weighted by atomic mass is 127. The van der Waals surface area contributed by atoms with E-state index in [4.69, 9.17) is 0 Å². The van der Waals surface area contributed by atoms with E-state index in [-0.39, 0.29) is 0 Å². The van der Waals surface area contributed by atoms with E-state index in [1.54, 1.807) is 0 Å². The van der Waals surface area contributed by atoms with Gasteiger partial charge in [0, 0.05) is 0 Å². The zero-order valence-corrected chi connectivity index (χ0v) is 12.2. The maximum Gasteiger partial charge on any atom is -0.0152 e. The quantitative estimate of drug-likeness (QED) is 0.660. The van der Waals surface area contributed by atoms with Crippen molar-refractivity contribution >= 4 is 33.4 Å². The first-order valence-corrected chi connectivity index (χ1v) is 7.27. The lowest BCUT2D eigenvalue weighted by Gasteiger charge is -2.11. The first-order chi connectivity index (χ1) is 8.31. The lowest BCUT2D eigenvalue weighted by atomic mass is 9.94. The highest BCUT2D eigenvalue weighted by molar-refractivity contribution is 14.1. The van der Waals surface area contributed by atoms with Gasteiger partial charge in [0.05, 0.1) is 0 Å². The molecule has 1 atom stereocenters. The molecule has 0 unspecified atom stereocenters. The van der Waals surface area contributed by atoms with Crippen LogP contribution in [-0.4, -0.2) is 0 Å². The van der Waals surface area contributed by atoms with Gasteiger partial charge in [0.25, 0.3) is 0 Å². The molecular weight excluding hydrogens is 319 g/mol. The summed E-state index contributed by atoms with van der Waals surface area (Å²) in [5.74, 6) is 0.701. The summed E-state index contributed by atoms with van der Waals surface area (Å²) in [6.45, 7) is 2.32. The average Bonchev–Trinajstić information content (AvgIpc) is 2.37. The fourth-order valence-corrected chi connectivity index (χ4v) is 2.51. The van der Waals surface area contributed by atoms with Gasteiger partial charge in [0.1, 0.15) is 0 Å². The van der Waals surface area contributed by atoms with Gasteiger partial charge in [0.2, 0.25) is 0 Å². The molecular formula is C16H17I. The zero-order chi connectivity index (χ0) is 12.1. The first kappa shape index (κ1) is 12.6. The summed E-state index contributed by atoms with van der Waals surface area (Å²) in [4.78, 5) is 0. The zero-order valence-electron chi connectivity index (χ0n) is 10.1. The smallest absolute Gasteiger partial charge is 0.0152 e. The number of hydrogen-bond acceptors (Lipinski definition) is 0. The summed E-state index contributed by atoms with van der Waals surface area (Å²) in [6, 6.07) is 15.3. The highest BCUT2D eigenvalue weighted by Gasteiger charge is 2.05. The lowest BCUT2D eigenvalue weighted by Crippen LogP contribution is -1.98. The van der Waals surface area contributed by atoms with E-state index in [1.807, 2.05) is 0 Å². The van der Waals surface area contributed by atoms with E-state index in [2.05, 4.69) is 82.1 Å². The molecule has 2 aromatic rings. The molecule has 2 rings (SSSR count). The molecule has 0 saturated carbocycles. The Morgan fingerprint density at radius 3 is 2.71 bits per heavy atom. The van der Waals surface area contributed by atoms with Crippen LogP contribution < -0.4 is 0 Å². The maximum atomic E-state index is 2.32. The Morgan fingerprint density at radius 1 is 1.12 bits per heavy atom. The van der Waals surface area contributed by atoms with Crippen molar-refractivity contribution in [3.63, 3.8) is 0 Å². The van der Waals surface area contributed by atoms with Gasteiger partial charge in [-0.3, -0.25) is 0 Å². The molecule has 17 heavy (non-hydrogen) atoms. The van der Waals surface area contributed by atoms with Crippen LogP contribution in [0.4, 0.5) is 0 Å². The van der Waals surface area contributed by atoms with Crippen molar-refractivity contribution in [2.24, 2.45) is 5.92 Å². The number of allylic oxidation sites excluding steroid dienone is 1. The monoisotopic (exact) mass is 336 g/mol. The number of hydrogen-bond donors (Lipinski definition) is 0. The molecule has 0 amide bonds. The molecule has 1 heteroatoms. The van der Waals surface area contributed by atoms with Gasteiger partial charge >= 0.3 is 0 Å². The molecule has 0 aliphatic rings. The van der Waals surface area contributed by atoms with E-state index in [0.29, 0.717) is 5.92 Å². The van der Waals surface area contributed by atoms with Crippen molar-refractivity contribution in [3.8, 4) is 0 Å². The largest absolute Gasteiger partial charge is 0.0782 e. The summed E-state index contributed by atoms with van der Waals surface area (Å²) in [7, 11) is 0. The number of halogens is 1. The predicted molar refractivity (Wildman–Crippen MR) is 84.6 cm³/mol. The topological polar surface area (TPSA) is 0 Å². The summed E-state index contributed by atoms with van der Waals surface area (Å²) in [5.41, 5.74) is 1.47. The van der Waals surface area contributed by atoms with E-state index in [9.17, 15) is 0 Å². The van der Waals surface area contributed by atoms with Gasteiger partial charge in [-0.1, -0.05) is 78.1 Å². The second-order valence-electron chi connectivity index (χ2n) is 4.54. The summed E-state index contributed by atoms with van der Waals surface area (Å²) in [6.07, 6.45) is 4.56. The van der Waals surface area contributed by atoms with Crippen LogP contribution in [-0.2, 0) is 6.42 Å². The Kier molecular flexibility index (Phi) is 4.60. The Labute approximate surface area is 117 Å². The molecule has 0 nitrogen and oxygen atoms in total. The molecule has 0 aromatic heterocycles. The molecule has 2 aromatic carbocycles.